The van der Waals surface area contributed by atoms with Gasteiger partial charge in [-0.15, -0.1) is 0 Å². The topological polar surface area (TPSA) is 30.0 Å². The third-order valence-electron chi connectivity index (χ3n) is 1.98. The zero-order valence-electron chi connectivity index (χ0n) is 8.46. The van der Waals surface area contributed by atoms with Gasteiger partial charge in [-0.3, -0.25) is 9.78 Å². The molecule has 76 valence electrons. The number of pyridine rings is 1. The van der Waals surface area contributed by atoms with Crippen LogP contribution in [-0.4, -0.2) is 10.8 Å². The van der Waals surface area contributed by atoms with Crippen molar-refractivity contribution >= 4 is 21.7 Å². The number of nitrogens with zero attached hydrogens (tertiary/aromatic N) is 1. The molecule has 0 aromatic carbocycles. The number of ketones is 1. The number of carbonyl (C=O) groups is 1. The Hall–Kier alpha value is -0.700. The van der Waals surface area contributed by atoms with Crippen LogP contribution < -0.4 is 0 Å². The molecular weight excluding hydrogens is 242 g/mol. The van der Waals surface area contributed by atoms with E-state index in [9.17, 15) is 4.79 Å². The summed E-state index contributed by atoms with van der Waals surface area (Å²) in [6.45, 7) is 4.24. The second-order valence-electron chi connectivity index (χ2n) is 3.75. The number of aromatic nitrogens is 1. The van der Waals surface area contributed by atoms with Gasteiger partial charge in [0.05, 0.1) is 0 Å². The van der Waals surface area contributed by atoms with Crippen molar-refractivity contribution in [1.82, 2.24) is 4.98 Å². The molecule has 0 N–H and O–H groups in total. The third kappa shape index (κ3) is 3.58. The molecule has 0 bridgehead atoms. The molecule has 0 spiro atoms. The molecule has 2 nitrogen and oxygen atoms in total. The van der Waals surface area contributed by atoms with E-state index in [-0.39, 0.29) is 5.78 Å². The molecule has 0 saturated carbocycles. The molecule has 0 unspecified atom stereocenters. The summed E-state index contributed by atoms with van der Waals surface area (Å²) in [6, 6.07) is 1.82. The summed E-state index contributed by atoms with van der Waals surface area (Å²) in [5, 5.41) is 0. The van der Waals surface area contributed by atoms with E-state index in [1.165, 1.54) is 0 Å². The summed E-state index contributed by atoms with van der Waals surface area (Å²) in [6.07, 6.45) is 4.84. The Morgan fingerprint density at radius 2 is 2.21 bits per heavy atom. The predicted octanol–water partition coefficient (Wildman–Crippen LogP) is 3.46. The molecule has 0 amide bonds. The van der Waals surface area contributed by atoms with Gasteiger partial charge in [0.1, 0.15) is 0 Å². The quantitative estimate of drug-likeness (QED) is 0.772. The highest BCUT2D eigenvalue weighted by Gasteiger charge is 2.07. The Kier molecular flexibility index (Phi) is 4.26. The lowest BCUT2D eigenvalue weighted by Crippen LogP contribution is -2.01. The summed E-state index contributed by atoms with van der Waals surface area (Å²) in [4.78, 5) is 15.6. The van der Waals surface area contributed by atoms with Crippen molar-refractivity contribution in [3.05, 3.63) is 28.5 Å². The summed E-state index contributed by atoms with van der Waals surface area (Å²) in [7, 11) is 0. The van der Waals surface area contributed by atoms with Crippen LogP contribution >= 0.6 is 15.9 Å². The van der Waals surface area contributed by atoms with E-state index in [1.807, 2.05) is 6.07 Å². The first-order chi connectivity index (χ1) is 6.59. The molecule has 1 aromatic heterocycles. The van der Waals surface area contributed by atoms with Gasteiger partial charge in [0.2, 0.25) is 0 Å². The molecule has 1 aromatic rings. The van der Waals surface area contributed by atoms with E-state index in [1.54, 1.807) is 12.4 Å². The highest BCUT2D eigenvalue weighted by atomic mass is 79.9. The van der Waals surface area contributed by atoms with E-state index < -0.39 is 0 Å². The Morgan fingerprint density at radius 3 is 2.79 bits per heavy atom. The van der Waals surface area contributed by atoms with Crippen molar-refractivity contribution in [2.75, 3.05) is 0 Å². The molecule has 3 heteroatoms. The highest BCUT2D eigenvalue weighted by Crippen LogP contribution is 2.13. The largest absolute Gasteiger partial charge is 0.294 e. The smallest absolute Gasteiger partial charge is 0.164 e. The van der Waals surface area contributed by atoms with Gasteiger partial charge in [0.15, 0.2) is 5.78 Å². The van der Waals surface area contributed by atoms with Gasteiger partial charge in [0.25, 0.3) is 0 Å². The first-order valence-corrected chi connectivity index (χ1v) is 5.52. The van der Waals surface area contributed by atoms with Crippen LogP contribution in [0.15, 0.2) is 22.9 Å². The van der Waals surface area contributed by atoms with E-state index in [0.717, 1.165) is 10.9 Å². The van der Waals surface area contributed by atoms with Crippen LogP contribution in [0.3, 0.4) is 0 Å². The fraction of sp³-hybridized carbons (Fsp3) is 0.455. The first-order valence-electron chi connectivity index (χ1n) is 4.73. The maximum Gasteiger partial charge on any atom is 0.164 e. The second kappa shape index (κ2) is 5.25. The van der Waals surface area contributed by atoms with Crippen LogP contribution in [0.5, 0.6) is 0 Å². The van der Waals surface area contributed by atoms with Crippen molar-refractivity contribution < 1.29 is 4.79 Å². The lowest BCUT2D eigenvalue weighted by atomic mass is 10.0. The van der Waals surface area contributed by atoms with Gasteiger partial charge < -0.3 is 0 Å². The molecular formula is C11H14BrNO. The predicted molar refractivity (Wildman–Crippen MR) is 60.3 cm³/mol. The Morgan fingerprint density at radius 1 is 1.50 bits per heavy atom. The Balaban J connectivity index is 2.61. The van der Waals surface area contributed by atoms with Crippen LogP contribution in [-0.2, 0) is 0 Å². The zero-order chi connectivity index (χ0) is 10.6. The van der Waals surface area contributed by atoms with Gasteiger partial charge in [-0.2, -0.15) is 0 Å². The van der Waals surface area contributed by atoms with Crippen LogP contribution in [0.25, 0.3) is 0 Å². The minimum atomic E-state index is 0.174. The maximum absolute atomic E-state index is 11.6. The van der Waals surface area contributed by atoms with Crippen LogP contribution in [0.2, 0.25) is 0 Å². The molecule has 1 rings (SSSR count). The van der Waals surface area contributed by atoms with Gasteiger partial charge >= 0.3 is 0 Å². The summed E-state index contributed by atoms with van der Waals surface area (Å²) >= 11 is 3.30. The average Bonchev–Trinajstić information content (AvgIpc) is 2.14. The van der Waals surface area contributed by atoms with Crippen molar-refractivity contribution in [3.63, 3.8) is 0 Å². The van der Waals surface area contributed by atoms with Crippen LogP contribution in [0.4, 0.5) is 0 Å². The minimum absolute atomic E-state index is 0.174. The molecule has 0 atom stereocenters. The Bertz CT molecular complexity index is 323. The third-order valence-corrected chi connectivity index (χ3v) is 2.41. The normalized spacial score (nSPS) is 10.6. The van der Waals surface area contributed by atoms with Gasteiger partial charge in [-0.05, 0) is 34.3 Å². The molecule has 0 radical (unpaired) electrons. The number of rotatable bonds is 4. The lowest BCUT2D eigenvalue weighted by molar-refractivity contribution is 0.0975. The first kappa shape index (κ1) is 11.4. The average molecular weight is 256 g/mol. The molecule has 0 aliphatic heterocycles. The molecule has 0 fully saturated rings. The fourth-order valence-corrected chi connectivity index (χ4v) is 1.49. The monoisotopic (exact) mass is 255 g/mol. The maximum atomic E-state index is 11.6. The van der Waals surface area contributed by atoms with E-state index in [4.69, 9.17) is 0 Å². The number of halogens is 1. The van der Waals surface area contributed by atoms with E-state index in [2.05, 4.69) is 34.8 Å². The van der Waals surface area contributed by atoms with E-state index >= 15 is 0 Å². The Labute approximate surface area is 92.9 Å². The van der Waals surface area contributed by atoms with Crippen molar-refractivity contribution in [3.8, 4) is 0 Å². The number of Topliss-reactive ketones (excluding diaryl/α,β-unsaturated/α-hetero) is 1. The number of hydrogen-bond acceptors (Lipinski definition) is 2. The van der Waals surface area contributed by atoms with E-state index in [0.29, 0.717) is 17.9 Å². The summed E-state index contributed by atoms with van der Waals surface area (Å²) in [5.74, 6) is 0.742. The zero-order valence-corrected chi connectivity index (χ0v) is 10.0. The molecule has 1 heterocycles. The standard InChI is InChI=1S/C11H14BrNO/c1-8(2)3-4-11(14)9-5-10(12)7-13-6-9/h5-8H,3-4H2,1-2H3. The number of hydrogen-bond donors (Lipinski definition) is 0. The summed E-state index contributed by atoms with van der Waals surface area (Å²) < 4.78 is 0.855. The molecule has 0 aliphatic rings. The lowest BCUT2D eigenvalue weighted by Gasteiger charge is -2.03. The van der Waals surface area contributed by atoms with Crippen molar-refractivity contribution in [2.24, 2.45) is 5.92 Å². The van der Waals surface area contributed by atoms with Gasteiger partial charge in [-0.25, -0.2) is 0 Å². The van der Waals surface area contributed by atoms with Crippen molar-refractivity contribution in [2.45, 2.75) is 26.7 Å². The van der Waals surface area contributed by atoms with Crippen molar-refractivity contribution in [1.29, 1.82) is 0 Å². The SMILES string of the molecule is CC(C)CCC(=O)c1cncc(Br)c1. The van der Waals surface area contributed by atoms with Crippen LogP contribution in [0, 0.1) is 5.92 Å². The molecule has 0 aliphatic carbocycles. The summed E-state index contributed by atoms with van der Waals surface area (Å²) in [5.41, 5.74) is 0.694. The van der Waals surface area contributed by atoms with Gasteiger partial charge in [-0.1, -0.05) is 13.8 Å². The van der Waals surface area contributed by atoms with Gasteiger partial charge in [0, 0.05) is 28.9 Å². The molecule has 0 saturated heterocycles. The fourth-order valence-electron chi connectivity index (χ4n) is 1.13. The molecule has 14 heavy (non-hydrogen) atoms. The van der Waals surface area contributed by atoms with Crippen LogP contribution in [0.1, 0.15) is 37.0 Å². The second-order valence-corrected chi connectivity index (χ2v) is 4.66. The minimum Gasteiger partial charge on any atom is -0.294 e. The highest BCUT2D eigenvalue weighted by molar-refractivity contribution is 9.10. The number of carbonyl (C=O) groups excluding carboxylic acids is 1.